The predicted molar refractivity (Wildman–Crippen MR) is 129 cm³/mol. The molecule has 184 valence electrons. The summed E-state index contributed by atoms with van der Waals surface area (Å²) < 4.78 is 24.9. The van der Waals surface area contributed by atoms with Crippen molar-refractivity contribution in [2.45, 2.75) is 19.9 Å². The summed E-state index contributed by atoms with van der Waals surface area (Å²) in [5, 5.41) is 5.44. The van der Waals surface area contributed by atoms with Gasteiger partial charge >= 0.3 is 0 Å². The average molecular weight is 473 g/mol. The van der Waals surface area contributed by atoms with E-state index in [-0.39, 0.29) is 24.2 Å². The molecule has 2 amide bonds. The van der Waals surface area contributed by atoms with E-state index in [2.05, 4.69) is 27.4 Å². The summed E-state index contributed by atoms with van der Waals surface area (Å²) in [6, 6.07) is 9.05. The van der Waals surface area contributed by atoms with Crippen LogP contribution in [0.3, 0.4) is 0 Å². The van der Waals surface area contributed by atoms with Gasteiger partial charge in [-0.05, 0) is 49.9 Å². The third-order valence-corrected chi connectivity index (χ3v) is 6.03. The monoisotopic (exact) mass is 472 g/mol. The Hall–Kier alpha value is -3.33. The summed E-state index contributed by atoms with van der Waals surface area (Å²) in [5.41, 5.74) is 2.03. The average Bonchev–Trinajstić information content (AvgIpc) is 2.87. The van der Waals surface area contributed by atoms with E-state index < -0.39 is 6.04 Å². The Balaban J connectivity index is 1.74. The molecule has 3 rings (SSSR count). The van der Waals surface area contributed by atoms with E-state index in [1.165, 1.54) is 26.3 Å². The summed E-state index contributed by atoms with van der Waals surface area (Å²) in [6.45, 7) is 8.43. The van der Waals surface area contributed by atoms with Crippen molar-refractivity contribution in [1.29, 1.82) is 0 Å². The number of hydrogen-bond acceptors (Lipinski definition) is 6. The minimum Gasteiger partial charge on any atom is -0.493 e. The van der Waals surface area contributed by atoms with Gasteiger partial charge in [-0.25, -0.2) is 4.39 Å². The van der Waals surface area contributed by atoms with Gasteiger partial charge in [0.2, 0.25) is 0 Å². The van der Waals surface area contributed by atoms with Crippen LogP contribution in [0.4, 0.5) is 10.1 Å². The second kappa shape index (κ2) is 11.7. The van der Waals surface area contributed by atoms with Gasteiger partial charge in [0.1, 0.15) is 5.82 Å². The molecule has 34 heavy (non-hydrogen) atoms. The molecule has 2 aromatic rings. The Morgan fingerprint density at radius 1 is 1.09 bits per heavy atom. The first-order valence-electron chi connectivity index (χ1n) is 11.4. The van der Waals surface area contributed by atoms with Crippen LogP contribution in [0.2, 0.25) is 0 Å². The van der Waals surface area contributed by atoms with Crippen molar-refractivity contribution in [1.82, 2.24) is 15.5 Å². The number of halogens is 1. The second-order valence-electron chi connectivity index (χ2n) is 8.15. The van der Waals surface area contributed by atoms with Gasteiger partial charge in [0.25, 0.3) is 11.8 Å². The maximum absolute atomic E-state index is 14.2. The number of nitrogens with zero attached hydrogens (tertiary/aromatic N) is 2. The molecule has 0 aliphatic carbocycles. The van der Waals surface area contributed by atoms with Crippen molar-refractivity contribution in [2.24, 2.45) is 0 Å². The molecule has 1 atom stereocenters. The van der Waals surface area contributed by atoms with E-state index in [1.807, 2.05) is 6.92 Å². The van der Waals surface area contributed by atoms with Crippen LogP contribution in [0.25, 0.3) is 0 Å². The van der Waals surface area contributed by atoms with Crippen molar-refractivity contribution in [2.75, 3.05) is 58.4 Å². The van der Waals surface area contributed by atoms with Gasteiger partial charge in [0, 0.05) is 50.0 Å². The molecule has 1 aliphatic heterocycles. The lowest BCUT2D eigenvalue weighted by molar-refractivity contribution is -0.122. The molecule has 1 unspecified atom stereocenters. The van der Waals surface area contributed by atoms with E-state index in [0.29, 0.717) is 17.1 Å². The number of carbonyl (C=O) groups excluding carboxylic acids is 2. The molecule has 1 saturated heterocycles. The van der Waals surface area contributed by atoms with Crippen LogP contribution in [-0.2, 0) is 4.79 Å². The fraction of sp³-hybridized carbons (Fsp3) is 0.440. The number of likely N-dealkylation sites (N-methyl/N-ethyl adjacent to an activating group) is 2. The standard InChI is InChI=1S/C25H33FN4O4/c1-5-29-10-12-30(13-11-29)21-8-7-19(26)15-20(21)17(2)28-25(32)18-6-9-22(23(14-18)33-4)34-16-24(31)27-3/h6-9,14-15,17H,5,10-13,16H2,1-4H3,(H,27,31)(H,28,32). The van der Waals surface area contributed by atoms with Gasteiger partial charge < -0.3 is 29.9 Å². The number of nitrogens with one attached hydrogen (secondary N) is 2. The zero-order chi connectivity index (χ0) is 24.7. The van der Waals surface area contributed by atoms with Crippen LogP contribution in [-0.4, -0.2) is 70.2 Å². The van der Waals surface area contributed by atoms with Crippen LogP contribution in [0.15, 0.2) is 36.4 Å². The molecule has 1 fully saturated rings. The van der Waals surface area contributed by atoms with Crippen LogP contribution in [0.5, 0.6) is 11.5 Å². The van der Waals surface area contributed by atoms with Crippen LogP contribution >= 0.6 is 0 Å². The normalized spacial score (nSPS) is 14.9. The number of anilines is 1. The number of rotatable bonds is 9. The van der Waals surface area contributed by atoms with E-state index in [9.17, 15) is 14.0 Å². The Morgan fingerprint density at radius 3 is 2.47 bits per heavy atom. The maximum atomic E-state index is 14.2. The molecule has 0 radical (unpaired) electrons. The Kier molecular flexibility index (Phi) is 8.70. The molecule has 8 nitrogen and oxygen atoms in total. The number of carbonyl (C=O) groups is 2. The maximum Gasteiger partial charge on any atom is 0.257 e. The highest BCUT2D eigenvalue weighted by Gasteiger charge is 2.22. The largest absolute Gasteiger partial charge is 0.493 e. The number of methoxy groups -OCH3 is 1. The van der Waals surface area contributed by atoms with E-state index >= 15 is 0 Å². The van der Waals surface area contributed by atoms with Crippen LogP contribution < -0.4 is 25.0 Å². The predicted octanol–water partition coefficient (Wildman–Crippen LogP) is 2.59. The molecule has 1 aliphatic rings. The number of amides is 2. The smallest absolute Gasteiger partial charge is 0.257 e. The quantitative estimate of drug-likeness (QED) is 0.584. The van der Waals surface area contributed by atoms with Crippen molar-refractivity contribution in [3.63, 3.8) is 0 Å². The lowest BCUT2D eigenvalue weighted by atomic mass is 10.0. The van der Waals surface area contributed by atoms with Crippen molar-refractivity contribution in [3.8, 4) is 11.5 Å². The molecule has 1 heterocycles. The molecular formula is C25H33FN4O4. The van der Waals surface area contributed by atoms with Crippen LogP contribution in [0.1, 0.15) is 35.8 Å². The first-order chi connectivity index (χ1) is 16.4. The van der Waals surface area contributed by atoms with Gasteiger partial charge in [-0.1, -0.05) is 6.92 Å². The highest BCUT2D eigenvalue weighted by atomic mass is 19.1. The molecule has 0 aromatic heterocycles. The summed E-state index contributed by atoms with van der Waals surface area (Å²) in [7, 11) is 2.98. The fourth-order valence-electron chi connectivity index (χ4n) is 3.97. The number of ether oxygens (including phenoxy) is 2. The first-order valence-corrected chi connectivity index (χ1v) is 11.4. The number of hydrogen-bond donors (Lipinski definition) is 2. The van der Waals surface area contributed by atoms with Gasteiger partial charge in [0.05, 0.1) is 13.2 Å². The Bertz CT molecular complexity index is 1010. The molecule has 2 N–H and O–H groups in total. The SMILES string of the molecule is CCN1CCN(c2ccc(F)cc2C(C)NC(=O)c2ccc(OCC(=O)NC)c(OC)c2)CC1. The van der Waals surface area contributed by atoms with Gasteiger partial charge in [-0.3, -0.25) is 9.59 Å². The van der Waals surface area contributed by atoms with Gasteiger partial charge in [-0.2, -0.15) is 0 Å². The minimum atomic E-state index is -0.419. The lowest BCUT2D eigenvalue weighted by Crippen LogP contribution is -2.46. The third kappa shape index (κ3) is 6.17. The highest BCUT2D eigenvalue weighted by molar-refractivity contribution is 5.95. The topological polar surface area (TPSA) is 83.1 Å². The number of benzene rings is 2. The third-order valence-electron chi connectivity index (χ3n) is 6.03. The van der Waals surface area contributed by atoms with Crippen LogP contribution in [0, 0.1) is 5.82 Å². The summed E-state index contributed by atoms with van der Waals surface area (Å²) >= 11 is 0. The van der Waals surface area contributed by atoms with Crippen molar-refractivity contribution in [3.05, 3.63) is 53.3 Å². The molecular weight excluding hydrogens is 439 g/mol. The minimum absolute atomic E-state index is 0.162. The Labute approximate surface area is 200 Å². The second-order valence-corrected chi connectivity index (χ2v) is 8.15. The highest BCUT2D eigenvalue weighted by Crippen LogP contribution is 2.30. The van der Waals surface area contributed by atoms with Crippen molar-refractivity contribution >= 4 is 17.5 Å². The summed E-state index contributed by atoms with van der Waals surface area (Å²) in [5.74, 6) is -0.250. The van der Waals surface area contributed by atoms with Crippen molar-refractivity contribution < 1.29 is 23.5 Å². The number of piperazine rings is 1. The summed E-state index contributed by atoms with van der Waals surface area (Å²) in [6.07, 6.45) is 0. The Morgan fingerprint density at radius 2 is 1.82 bits per heavy atom. The molecule has 0 saturated carbocycles. The van der Waals surface area contributed by atoms with E-state index in [1.54, 1.807) is 24.3 Å². The molecule has 2 aromatic carbocycles. The first kappa shape index (κ1) is 25.3. The van der Waals surface area contributed by atoms with E-state index in [4.69, 9.17) is 9.47 Å². The van der Waals surface area contributed by atoms with Gasteiger partial charge in [0.15, 0.2) is 18.1 Å². The van der Waals surface area contributed by atoms with E-state index in [0.717, 1.165) is 44.0 Å². The molecule has 0 bridgehead atoms. The molecule has 0 spiro atoms. The zero-order valence-electron chi connectivity index (χ0n) is 20.2. The van der Waals surface area contributed by atoms with Gasteiger partial charge in [-0.15, -0.1) is 0 Å². The fourth-order valence-corrected chi connectivity index (χ4v) is 3.97. The zero-order valence-corrected chi connectivity index (χ0v) is 20.2. The molecule has 9 heteroatoms. The lowest BCUT2D eigenvalue weighted by Gasteiger charge is -2.37. The summed E-state index contributed by atoms with van der Waals surface area (Å²) in [4.78, 5) is 29.0.